The Morgan fingerprint density at radius 3 is 2.47 bits per heavy atom. The number of thioether (sulfide) groups is 1. The zero-order valence-electron chi connectivity index (χ0n) is 19.6. The predicted molar refractivity (Wildman–Crippen MR) is 135 cm³/mol. The van der Waals surface area contributed by atoms with Gasteiger partial charge < -0.3 is 19.7 Å². The van der Waals surface area contributed by atoms with E-state index in [1.165, 1.54) is 11.8 Å². The molecule has 1 N–H and O–H groups in total. The van der Waals surface area contributed by atoms with E-state index in [0.717, 1.165) is 27.5 Å². The fraction of sp³-hybridized carbons (Fsp3) is 0.269. The number of ether oxygens (including phenoxy) is 2. The number of aliphatic imine (C=N–C) groups is 1. The van der Waals surface area contributed by atoms with Crippen molar-refractivity contribution in [3.05, 3.63) is 82.0 Å². The Labute approximate surface area is 203 Å². The summed E-state index contributed by atoms with van der Waals surface area (Å²) in [4.78, 5) is 31.6. The van der Waals surface area contributed by atoms with Crippen LogP contribution in [0.4, 0.5) is 5.69 Å². The van der Waals surface area contributed by atoms with Crippen molar-refractivity contribution in [3.8, 4) is 5.75 Å². The molecule has 1 atom stereocenters. The Hall–Kier alpha value is -3.52. The van der Waals surface area contributed by atoms with Crippen LogP contribution in [0.5, 0.6) is 5.75 Å². The summed E-state index contributed by atoms with van der Waals surface area (Å²) in [6.07, 6.45) is 1.92. The van der Waals surface area contributed by atoms with Crippen LogP contribution in [0.25, 0.3) is 0 Å². The number of esters is 1. The first-order chi connectivity index (χ1) is 16.4. The smallest absolute Gasteiger partial charge is 0.338 e. The van der Waals surface area contributed by atoms with E-state index in [9.17, 15) is 9.59 Å². The molecule has 2 aliphatic heterocycles. The quantitative estimate of drug-likeness (QED) is 0.560. The number of hydrogen-bond donors (Lipinski definition) is 1. The number of hydrogen-bond acceptors (Lipinski definition) is 7. The summed E-state index contributed by atoms with van der Waals surface area (Å²) >= 11 is 1.51. The van der Waals surface area contributed by atoms with E-state index in [1.54, 1.807) is 19.1 Å². The number of allylic oxidation sites excluding steroid dienone is 1. The molecule has 0 saturated carbocycles. The standard InChI is InChI=1S/C26H27N3O4S/c1-5-32-25(31)23-18(4)27-26-29(10-11-34-26)24(23)19-6-8-21(9-7-19)33-15-22(30)28-20-13-16(2)12-17(3)14-20/h6-14,24H,5,15H2,1-4H3,(H,28,30). The zero-order chi connectivity index (χ0) is 24.2. The molecular weight excluding hydrogens is 450 g/mol. The van der Waals surface area contributed by atoms with Gasteiger partial charge in [0.2, 0.25) is 0 Å². The van der Waals surface area contributed by atoms with Gasteiger partial charge in [0.1, 0.15) is 5.75 Å². The van der Waals surface area contributed by atoms with Gasteiger partial charge in [-0.05, 0) is 74.1 Å². The first-order valence-corrected chi connectivity index (χ1v) is 11.9. The highest BCUT2D eigenvalue weighted by Crippen LogP contribution is 2.41. The summed E-state index contributed by atoms with van der Waals surface area (Å²) in [6, 6.07) is 12.9. The average molecular weight is 478 g/mol. The molecule has 8 heteroatoms. The van der Waals surface area contributed by atoms with Crippen molar-refractivity contribution in [3.63, 3.8) is 0 Å². The van der Waals surface area contributed by atoms with Gasteiger partial charge in [-0.1, -0.05) is 30.0 Å². The topological polar surface area (TPSA) is 80.2 Å². The molecular formula is C26H27N3O4S. The fourth-order valence-electron chi connectivity index (χ4n) is 4.04. The van der Waals surface area contributed by atoms with Crippen molar-refractivity contribution < 1.29 is 19.1 Å². The van der Waals surface area contributed by atoms with Gasteiger partial charge in [-0.25, -0.2) is 9.79 Å². The number of carbonyl (C=O) groups excluding carboxylic acids is 2. The van der Waals surface area contributed by atoms with Gasteiger partial charge in [0.25, 0.3) is 5.91 Å². The Balaban J connectivity index is 1.46. The predicted octanol–water partition coefficient (Wildman–Crippen LogP) is 5.09. The van der Waals surface area contributed by atoms with Crippen LogP contribution in [0.15, 0.2) is 70.3 Å². The molecule has 34 heavy (non-hydrogen) atoms. The Morgan fingerprint density at radius 1 is 1.09 bits per heavy atom. The first-order valence-electron chi connectivity index (χ1n) is 11.0. The molecule has 7 nitrogen and oxygen atoms in total. The lowest BCUT2D eigenvalue weighted by Gasteiger charge is -2.33. The van der Waals surface area contributed by atoms with E-state index < -0.39 is 0 Å². The van der Waals surface area contributed by atoms with Crippen LogP contribution in [-0.2, 0) is 14.3 Å². The van der Waals surface area contributed by atoms with Crippen molar-refractivity contribution in [2.24, 2.45) is 4.99 Å². The number of amidine groups is 1. The van der Waals surface area contributed by atoms with Crippen LogP contribution in [0.1, 0.15) is 36.6 Å². The second-order valence-electron chi connectivity index (χ2n) is 8.11. The third-order valence-corrected chi connectivity index (χ3v) is 6.16. The molecule has 2 aromatic carbocycles. The third kappa shape index (κ3) is 5.17. The number of fused-ring (bicyclic) bond motifs is 1. The van der Waals surface area contributed by atoms with Gasteiger partial charge in [0.05, 0.1) is 23.9 Å². The number of benzene rings is 2. The zero-order valence-corrected chi connectivity index (χ0v) is 20.4. The normalized spacial score (nSPS) is 16.8. The van der Waals surface area contributed by atoms with E-state index in [1.807, 2.05) is 61.5 Å². The second kappa shape index (κ2) is 10.2. The van der Waals surface area contributed by atoms with Crippen LogP contribution < -0.4 is 10.1 Å². The van der Waals surface area contributed by atoms with Crippen LogP contribution >= 0.6 is 11.8 Å². The lowest BCUT2D eigenvalue weighted by atomic mass is 9.95. The summed E-state index contributed by atoms with van der Waals surface area (Å²) in [5, 5.41) is 5.63. The summed E-state index contributed by atoms with van der Waals surface area (Å²) in [5.41, 5.74) is 4.98. The maximum absolute atomic E-state index is 12.7. The molecule has 1 unspecified atom stereocenters. The lowest BCUT2D eigenvalue weighted by molar-refractivity contribution is -0.139. The van der Waals surface area contributed by atoms with Gasteiger partial charge in [-0.15, -0.1) is 0 Å². The summed E-state index contributed by atoms with van der Waals surface area (Å²) < 4.78 is 11.0. The second-order valence-corrected chi connectivity index (χ2v) is 8.98. The number of aryl methyl sites for hydroxylation is 2. The van der Waals surface area contributed by atoms with Crippen LogP contribution in [0, 0.1) is 13.8 Å². The largest absolute Gasteiger partial charge is 0.484 e. The van der Waals surface area contributed by atoms with E-state index in [4.69, 9.17) is 9.47 Å². The highest BCUT2D eigenvalue weighted by molar-refractivity contribution is 8.16. The van der Waals surface area contributed by atoms with Crippen molar-refractivity contribution >= 4 is 34.5 Å². The minimum absolute atomic E-state index is 0.106. The summed E-state index contributed by atoms with van der Waals surface area (Å²) in [6.45, 7) is 7.78. The SMILES string of the molecule is CCOC(=O)C1=C(C)N=C2SC=CN2C1c1ccc(OCC(=O)Nc2cc(C)cc(C)c2)cc1. The number of anilines is 1. The van der Waals surface area contributed by atoms with E-state index >= 15 is 0 Å². The molecule has 0 aliphatic carbocycles. The van der Waals surface area contributed by atoms with Gasteiger partial charge >= 0.3 is 5.97 Å². The maximum Gasteiger partial charge on any atom is 0.338 e. The highest BCUT2D eigenvalue weighted by atomic mass is 32.2. The van der Waals surface area contributed by atoms with Crippen molar-refractivity contribution in [1.29, 1.82) is 0 Å². The molecule has 0 aromatic heterocycles. The highest BCUT2D eigenvalue weighted by Gasteiger charge is 2.37. The lowest BCUT2D eigenvalue weighted by Crippen LogP contribution is -2.34. The Bertz CT molecular complexity index is 1180. The average Bonchev–Trinajstić information content (AvgIpc) is 3.24. The van der Waals surface area contributed by atoms with Crippen LogP contribution in [-0.4, -0.2) is 35.2 Å². The fourth-order valence-corrected chi connectivity index (χ4v) is 4.83. The molecule has 0 radical (unpaired) electrons. The first kappa shape index (κ1) is 23.6. The molecule has 0 saturated heterocycles. The van der Waals surface area contributed by atoms with E-state index in [0.29, 0.717) is 23.6 Å². The summed E-state index contributed by atoms with van der Waals surface area (Å²) in [5.74, 6) is -0.0418. The van der Waals surface area contributed by atoms with Crippen LogP contribution in [0.2, 0.25) is 0 Å². The van der Waals surface area contributed by atoms with E-state index in [-0.39, 0.29) is 24.5 Å². The number of nitrogens with one attached hydrogen (secondary N) is 1. The third-order valence-electron chi connectivity index (χ3n) is 5.39. The van der Waals surface area contributed by atoms with Crippen LogP contribution in [0.3, 0.4) is 0 Å². The molecule has 176 valence electrons. The van der Waals surface area contributed by atoms with Crippen molar-refractivity contribution in [2.45, 2.75) is 33.7 Å². The number of rotatable bonds is 7. The maximum atomic E-state index is 12.7. The van der Waals surface area contributed by atoms with Gasteiger partial charge in [-0.3, -0.25) is 4.79 Å². The van der Waals surface area contributed by atoms with E-state index in [2.05, 4.69) is 16.4 Å². The molecule has 4 rings (SSSR count). The Kier molecular flexibility index (Phi) is 7.07. The molecule has 0 fully saturated rings. The van der Waals surface area contributed by atoms with Gasteiger partial charge in [0, 0.05) is 11.9 Å². The Morgan fingerprint density at radius 2 is 1.79 bits per heavy atom. The summed E-state index contributed by atoms with van der Waals surface area (Å²) in [7, 11) is 0. The minimum atomic E-state index is -0.374. The molecule has 2 aliphatic rings. The molecule has 1 amide bonds. The molecule has 2 heterocycles. The number of nitrogens with zero attached hydrogens (tertiary/aromatic N) is 2. The van der Waals surface area contributed by atoms with Gasteiger partial charge in [0.15, 0.2) is 11.8 Å². The minimum Gasteiger partial charge on any atom is -0.484 e. The number of carbonyl (C=O) groups is 2. The monoisotopic (exact) mass is 477 g/mol. The molecule has 2 aromatic rings. The van der Waals surface area contributed by atoms with Crippen molar-refractivity contribution in [1.82, 2.24) is 4.90 Å². The molecule has 0 spiro atoms. The molecule has 0 bridgehead atoms. The van der Waals surface area contributed by atoms with Gasteiger partial charge in [-0.2, -0.15) is 0 Å². The number of amides is 1. The van der Waals surface area contributed by atoms with Crippen molar-refractivity contribution in [2.75, 3.05) is 18.5 Å².